The third-order valence-electron chi connectivity index (χ3n) is 4.54. The minimum atomic E-state index is -0.350. The number of methoxy groups -OCH3 is 1. The largest absolute Gasteiger partial charge is 0.496 e. The Balaban J connectivity index is 1.88. The molecule has 1 aliphatic rings. The van der Waals surface area contributed by atoms with E-state index in [0.717, 1.165) is 43.5 Å². The molecule has 2 atom stereocenters. The molecular formula is C18H28N2O3. The molecule has 0 bridgehead atoms. The van der Waals surface area contributed by atoms with Crippen molar-refractivity contribution in [1.82, 2.24) is 10.2 Å². The van der Waals surface area contributed by atoms with E-state index in [1.54, 1.807) is 7.11 Å². The monoisotopic (exact) mass is 320 g/mol. The number of piperidine rings is 1. The van der Waals surface area contributed by atoms with Gasteiger partial charge in [-0.1, -0.05) is 31.5 Å². The quantitative estimate of drug-likeness (QED) is 0.806. The summed E-state index contributed by atoms with van der Waals surface area (Å²) >= 11 is 0. The van der Waals surface area contributed by atoms with E-state index in [1.165, 1.54) is 0 Å². The van der Waals surface area contributed by atoms with Crippen molar-refractivity contribution in [1.29, 1.82) is 0 Å². The molecule has 5 heteroatoms. The topological polar surface area (TPSA) is 61.8 Å². The van der Waals surface area contributed by atoms with Gasteiger partial charge in [-0.05, 0) is 31.9 Å². The van der Waals surface area contributed by atoms with Crippen molar-refractivity contribution in [3.8, 4) is 5.75 Å². The number of para-hydroxylation sites is 1. The Labute approximate surface area is 138 Å². The van der Waals surface area contributed by atoms with Crippen molar-refractivity contribution < 1.29 is 14.6 Å². The lowest BCUT2D eigenvalue weighted by Gasteiger charge is -2.37. The highest BCUT2D eigenvalue weighted by Crippen LogP contribution is 2.21. The normalized spacial score (nSPS) is 20.0. The first-order chi connectivity index (χ1) is 11.2. The lowest BCUT2D eigenvalue weighted by Crippen LogP contribution is -2.50. The van der Waals surface area contributed by atoms with Crippen LogP contribution in [0.25, 0.3) is 0 Å². The average Bonchev–Trinajstić information content (AvgIpc) is 2.60. The zero-order valence-electron chi connectivity index (χ0n) is 14.1. The maximum Gasteiger partial charge on any atom is 0.234 e. The van der Waals surface area contributed by atoms with Gasteiger partial charge in [-0.2, -0.15) is 0 Å². The standard InChI is InChI=1S/C18H28N2O3/c1-3-16(21)15-9-6-7-11-20(15)13-18(22)19-12-14-8-4-5-10-17(14)23-2/h4-5,8,10,15-16,21H,3,6-7,9,11-13H2,1-2H3,(H,19,22). The van der Waals surface area contributed by atoms with E-state index in [0.29, 0.717) is 13.1 Å². The summed E-state index contributed by atoms with van der Waals surface area (Å²) in [5, 5.41) is 13.1. The number of ether oxygens (including phenoxy) is 1. The maximum absolute atomic E-state index is 12.3. The molecule has 1 fully saturated rings. The molecular weight excluding hydrogens is 292 g/mol. The predicted molar refractivity (Wildman–Crippen MR) is 90.4 cm³/mol. The summed E-state index contributed by atoms with van der Waals surface area (Å²) in [4.78, 5) is 14.4. The van der Waals surface area contributed by atoms with Crippen LogP contribution < -0.4 is 10.1 Å². The highest BCUT2D eigenvalue weighted by Gasteiger charge is 2.28. The summed E-state index contributed by atoms with van der Waals surface area (Å²) in [6.07, 6.45) is 3.56. The van der Waals surface area contributed by atoms with Gasteiger partial charge in [-0.25, -0.2) is 0 Å². The van der Waals surface area contributed by atoms with Gasteiger partial charge in [0.1, 0.15) is 5.75 Å². The molecule has 2 rings (SSSR count). The fourth-order valence-corrected chi connectivity index (χ4v) is 3.20. The van der Waals surface area contributed by atoms with E-state index in [1.807, 2.05) is 31.2 Å². The Morgan fingerprint density at radius 2 is 2.22 bits per heavy atom. The second-order valence-electron chi connectivity index (χ2n) is 6.10. The van der Waals surface area contributed by atoms with Crippen molar-refractivity contribution in [2.24, 2.45) is 0 Å². The van der Waals surface area contributed by atoms with E-state index >= 15 is 0 Å². The minimum absolute atomic E-state index is 0.00823. The fraction of sp³-hybridized carbons (Fsp3) is 0.611. The summed E-state index contributed by atoms with van der Waals surface area (Å²) in [6, 6.07) is 7.78. The van der Waals surface area contributed by atoms with Crippen LogP contribution in [0.15, 0.2) is 24.3 Å². The van der Waals surface area contributed by atoms with Crippen molar-refractivity contribution in [2.75, 3.05) is 20.2 Å². The van der Waals surface area contributed by atoms with Gasteiger partial charge in [0.2, 0.25) is 5.91 Å². The number of likely N-dealkylation sites (tertiary alicyclic amines) is 1. The average molecular weight is 320 g/mol. The number of rotatable bonds is 7. The number of nitrogens with one attached hydrogen (secondary N) is 1. The van der Waals surface area contributed by atoms with Gasteiger partial charge in [0.15, 0.2) is 0 Å². The molecule has 2 unspecified atom stereocenters. The van der Waals surface area contributed by atoms with Gasteiger partial charge in [0.05, 0.1) is 19.8 Å². The van der Waals surface area contributed by atoms with Crippen LogP contribution in [-0.4, -0.2) is 48.3 Å². The first-order valence-electron chi connectivity index (χ1n) is 8.46. The Kier molecular flexibility index (Phi) is 6.86. The van der Waals surface area contributed by atoms with Crippen molar-refractivity contribution in [3.05, 3.63) is 29.8 Å². The minimum Gasteiger partial charge on any atom is -0.496 e. The summed E-state index contributed by atoms with van der Waals surface area (Å²) in [5.41, 5.74) is 0.965. The summed E-state index contributed by atoms with van der Waals surface area (Å²) in [5.74, 6) is 0.774. The predicted octanol–water partition coefficient (Wildman–Crippen LogP) is 1.94. The zero-order valence-corrected chi connectivity index (χ0v) is 14.1. The Bertz CT molecular complexity index is 507. The van der Waals surface area contributed by atoms with E-state index in [2.05, 4.69) is 10.2 Å². The maximum atomic E-state index is 12.3. The molecule has 0 aromatic heterocycles. The first kappa shape index (κ1) is 17.8. The SMILES string of the molecule is CCC(O)C1CCCCN1CC(=O)NCc1ccccc1OC. The molecule has 0 aliphatic carbocycles. The number of nitrogens with zero attached hydrogens (tertiary/aromatic N) is 1. The van der Waals surface area contributed by atoms with Crippen LogP contribution >= 0.6 is 0 Å². The molecule has 128 valence electrons. The first-order valence-corrected chi connectivity index (χ1v) is 8.46. The van der Waals surface area contributed by atoms with E-state index in [4.69, 9.17) is 4.74 Å². The van der Waals surface area contributed by atoms with Crippen LogP contribution in [0.3, 0.4) is 0 Å². The third kappa shape index (κ3) is 4.94. The Hall–Kier alpha value is -1.59. The van der Waals surface area contributed by atoms with E-state index < -0.39 is 0 Å². The molecule has 1 aliphatic heterocycles. The number of aliphatic hydroxyl groups excluding tert-OH is 1. The van der Waals surface area contributed by atoms with Gasteiger partial charge < -0.3 is 15.2 Å². The lowest BCUT2D eigenvalue weighted by atomic mass is 9.96. The van der Waals surface area contributed by atoms with Gasteiger partial charge in [0, 0.05) is 18.2 Å². The zero-order chi connectivity index (χ0) is 16.7. The Morgan fingerprint density at radius 1 is 1.43 bits per heavy atom. The molecule has 23 heavy (non-hydrogen) atoms. The summed E-state index contributed by atoms with van der Waals surface area (Å²) < 4.78 is 5.30. The molecule has 0 radical (unpaired) electrons. The van der Waals surface area contributed by atoms with Gasteiger partial charge >= 0.3 is 0 Å². The van der Waals surface area contributed by atoms with E-state index in [-0.39, 0.29) is 18.1 Å². The molecule has 1 aromatic carbocycles. The van der Waals surface area contributed by atoms with Crippen LogP contribution in [-0.2, 0) is 11.3 Å². The van der Waals surface area contributed by atoms with Crippen LogP contribution in [0.5, 0.6) is 5.75 Å². The highest BCUT2D eigenvalue weighted by atomic mass is 16.5. The van der Waals surface area contributed by atoms with Crippen LogP contribution in [0, 0.1) is 0 Å². The van der Waals surface area contributed by atoms with Crippen molar-refractivity contribution >= 4 is 5.91 Å². The lowest BCUT2D eigenvalue weighted by molar-refractivity contribution is -0.124. The van der Waals surface area contributed by atoms with Crippen LogP contribution in [0.4, 0.5) is 0 Å². The van der Waals surface area contributed by atoms with Crippen LogP contribution in [0.2, 0.25) is 0 Å². The number of amides is 1. The van der Waals surface area contributed by atoms with E-state index in [9.17, 15) is 9.90 Å². The molecule has 1 saturated heterocycles. The van der Waals surface area contributed by atoms with Crippen molar-refractivity contribution in [2.45, 2.75) is 51.3 Å². The number of aliphatic hydroxyl groups is 1. The summed E-state index contributed by atoms with van der Waals surface area (Å²) in [6.45, 7) is 3.66. The van der Waals surface area contributed by atoms with Gasteiger partial charge in [0.25, 0.3) is 0 Å². The number of carbonyl (C=O) groups excluding carboxylic acids is 1. The second-order valence-corrected chi connectivity index (χ2v) is 6.10. The molecule has 2 N–H and O–H groups in total. The number of hydrogen-bond acceptors (Lipinski definition) is 4. The van der Waals surface area contributed by atoms with Crippen molar-refractivity contribution in [3.63, 3.8) is 0 Å². The number of benzene rings is 1. The summed E-state index contributed by atoms with van der Waals surface area (Å²) in [7, 11) is 1.63. The highest BCUT2D eigenvalue weighted by molar-refractivity contribution is 5.78. The molecule has 1 aromatic rings. The third-order valence-corrected chi connectivity index (χ3v) is 4.54. The van der Waals surface area contributed by atoms with Gasteiger partial charge in [-0.15, -0.1) is 0 Å². The fourth-order valence-electron chi connectivity index (χ4n) is 3.20. The number of carbonyl (C=O) groups is 1. The Morgan fingerprint density at radius 3 is 2.96 bits per heavy atom. The molecule has 0 spiro atoms. The van der Waals surface area contributed by atoms with Crippen LogP contribution in [0.1, 0.15) is 38.2 Å². The second kappa shape index (κ2) is 8.89. The molecule has 1 amide bonds. The smallest absolute Gasteiger partial charge is 0.234 e. The molecule has 1 heterocycles. The number of hydrogen-bond donors (Lipinski definition) is 2. The molecule has 5 nitrogen and oxygen atoms in total. The molecule has 0 saturated carbocycles. The van der Waals surface area contributed by atoms with Gasteiger partial charge in [-0.3, -0.25) is 9.69 Å².